The molecule has 1 atom stereocenters. The molecule has 0 spiro atoms. The fourth-order valence-electron chi connectivity index (χ4n) is 2.97. The van der Waals surface area contributed by atoms with E-state index in [0.29, 0.717) is 6.04 Å². The first-order chi connectivity index (χ1) is 9.31. The summed E-state index contributed by atoms with van der Waals surface area (Å²) in [7, 11) is 2.18. The monoisotopic (exact) mass is 261 g/mol. The minimum absolute atomic E-state index is 0.593. The maximum Gasteiger partial charge on any atom is 0.0364 e. The number of anilines is 1. The average Bonchev–Trinajstić information content (AvgIpc) is 2.48. The molecule has 0 aliphatic carbocycles. The van der Waals surface area contributed by atoms with Gasteiger partial charge in [0.25, 0.3) is 0 Å². The second-order valence-corrected chi connectivity index (χ2v) is 5.54. The molecule has 1 saturated heterocycles. The number of likely N-dealkylation sites (N-methyl/N-ethyl adjacent to an activating group) is 1. The summed E-state index contributed by atoms with van der Waals surface area (Å²) in [5.41, 5.74) is 7.10. The number of nitrogens with two attached hydrogens (primary N) is 1. The second kappa shape index (κ2) is 7.51. The lowest BCUT2D eigenvalue weighted by atomic mass is 10.1. The van der Waals surface area contributed by atoms with E-state index in [-0.39, 0.29) is 0 Å². The van der Waals surface area contributed by atoms with Gasteiger partial charge in [0.1, 0.15) is 0 Å². The van der Waals surface area contributed by atoms with Crippen LogP contribution in [0.1, 0.15) is 25.7 Å². The fourth-order valence-corrected chi connectivity index (χ4v) is 2.97. The van der Waals surface area contributed by atoms with Gasteiger partial charge in [-0.15, -0.1) is 0 Å². The van der Waals surface area contributed by atoms with E-state index >= 15 is 0 Å². The smallest absolute Gasteiger partial charge is 0.0364 e. The van der Waals surface area contributed by atoms with Crippen molar-refractivity contribution in [2.75, 3.05) is 38.1 Å². The molecule has 1 aromatic rings. The number of benzene rings is 1. The van der Waals surface area contributed by atoms with E-state index in [0.717, 1.165) is 19.5 Å². The lowest BCUT2D eigenvalue weighted by molar-refractivity contribution is 0.160. The van der Waals surface area contributed by atoms with Crippen LogP contribution in [0.3, 0.4) is 0 Å². The highest BCUT2D eigenvalue weighted by Crippen LogP contribution is 2.18. The van der Waals surface area contributed by atoms with Gasteiger partial charge in [-0.3, -0.25) is 4.90 Å². The Morgan fingerprint density at radius 3 is 2.47 bits per heavy atom. The molecule has 0 aromatic heterocycles. The number of hydrogen-bond acceptors (Lipinski definition) is 3. The summed E-state index contributed by atoms with van der Waals surface area (Å²) in [5, 5.41) is 0. The zero-order chi connectivity index (χ0) is 13.5. The zero-order valence-electron chi connectivity index (χ0n) is 12.1. The van der Waals surface area contributed by atoms with Crippen LogP contribution in [0.15, 0.2) is 30.3 Å². The zero-order valence-corrected chi connectivity index (χ0v) is 12.1. The van der Waals surface area contributed by atoms with Crippen LogP contribution in [0.2, 0.25) is 0 Å². The minimum atomic E-state index is 0.593. The van der Waals surface area contributed by atoms with Crippen molar-refractivity contribution >= 4 is 5.69 Å². The molecular formula is C16H27N3. The van der Waals surface area contributed by atoms with E-state index in [9.17, 15) is 0 Å². The molecular weight excluding hydrogens is 234 g/mol. The number of nitrogens with zero attached hydrogens (tertiary/aromatic N) is 2. The van der Waals surface area contributed by atoms with Gasteiger partial charge in [0.05, 0.1) is 0 Å². The normalized spacial score (nSPS) is 18.2. The molecule has 0 amide bonds. The van der Waals surface area contributed by atoms with Crippen molar-refractivity contribution in [2.24, 2.45) is 5.73 Å². The van der Waals surface area contributed by atoms with Gasteiger partial charge in [-0.25, -0.2) is 0 Å². The van der Waals surface area contributed by atoms with Crippen molar-refractivity contribution in [3.05, 3.63) is 30.3 Å². The van der Waals surface area contributed by atoms with Gasteiger partial charge in [-0.1, -0.05) is 24.6 Å². The van der Waals surface area contributed by atoms with Crippen LogP contribution in [0.25, 0.3) is 0 Å². The van der Waals surface area contributed by atoms with E-state index in [1.165, 1.54) is 38.0 Å². The Morgan fingerprint density at radius 2 is 1.84 bits per heavy atom. The third kappa shape index (κ3) is 4.22. The molecule has 1 fully saturated rings. The summed E-state index contributed by atoms with van der Waals surface area (Å²) in [6.45, 7) is 4.34. The van der Waals surface area contributed by atoms with Crippen LogP contribution in [0.4, 0.5) is 5.69 Å². The third-order valence-electron chi connectivity index (χ3n) is 4.09. The molecule has 106 valence electrons. The van der Waals surface area contributed by atoms with E-state index in [1.807, 2.05) is 0 Å². The van der Waals surface area contributed by atoms with Crippen molar-refractivity contribution in [1.29, 1.82) is 0 Å². The summed E-state index contributed by atoms with van der Waals surface area (Å²) in [4.78, 5) is 4.99. The van der Waals surface area contributed by atoms with Gasteiger partial charge < -0.3 is 10.6 Å². The van der Waals surface area contributed by atoms with Crippen LogP contribution in [-0.2, 0) is 0 Å². The van der Waals surface area contributed by atoms with Crippen LogP contribution < -0.4 is 10.6 Å². The number of likely N-dealkylation sites (tertiary alicyclic amines) is 1. The molecule has 1 unspecified atom stereocenters. The Hall–Kier alpha value is -1.06. The quantitative estimate of drug-likeness (QED) is 0.853. The molecule has 19 heavy (non-hydrogen) atoms. The largest absolute Gasteiger partial charge is 0.373 e. The Labute approximate surface area is 117 Å². The first kappa shape index (κ1) is 14.4. The van der Waals surface area contributed by atoms with Gasteiger partial charge in [-0.2, -0.15) is 0 Å². The number of rotatable bonds is 6. The van der Waals surface area contributed by atoms with Crippen LogP contribution >= 0.6 is 0 Å². The van der Waals surface area contributed by atoms with Crippen molar-refractivity contribution in [3.63, 3.8) is 0 Å². The summed E-state index contributed by atoms with van der Waals surface area (Å²) >= 11 is 0. The Balaban J connectivity index is 1.95. The molecule has 1 aromatic carbocycles. The second-order valence-electron chi connectivity index (χ2n) is 5.54. The number of piperidine rings is 1. The lowest BCUT2D eigenvalue weighted by Crippen LogP contribution is -2.46. The maximum atomic E-state index is 5.81. The first-order valence-electron chi connectivity index (χ1n) is 7.51. The summed E-state index contributed by atoms with van der Waals surface area (Å²) < 4.78 is 0. The van der Waals surface area contributed by atoms with Crippen molar-refractivity contribution < 1.29 is 0 Å². The molecule has 2 rings (SSSR count). The molecule has 1 heterocycles. The Bertz CT molecular complexity index is 346. The summed E-state index contributed by atoms with van der Waals surface area (Å²) in [6.07, 6.45) is 5.17. The highest BCUT2D eigenvalue weighted by atomic mass is 15.2. The lowest BCUT2D eigenvalue weighted by Gasteiger charge is -2.37. The highest BCUT2D eigenvalue weighted by Gasteiger charge is 2.21. The molecule has 1 aliphatic rings. The SMILES string of the molecule is CN(CC(CCN)N1CCCCC1)c1ccccc1. The van der Waals surface area contributed by atoms with Gasteiger partial charge >= 0.3 is 0 Å². The fraction of sp³-hybridized carbons (Fsp3) is 0.625. The van der Waals surface area contributed by atoms with Gasteiger partial charge in [0.15, 0.2) is 0 Å². The molecule has 2 N–H and O–H groups in total. The predicted octanol–water partition coefficient (Wildman–Crippen LogP) is 2.33. The van der Waals surface area contributed by atoms with Gasteiger partial charge in [-0.05, 0) is 51.0 Å². The average molecular weight is 261 g/mol. The highest BCUT2D eigenvalue weighted by molar-refractivity contribution is 5.45. The van der Waals surface area contributed by atoms with E-state index in [1.54, 1.807) is 0 Å². The van der Waals surface area contributed by atoms with Gasteiger partial charge in [0, 0.05) is 25.3 Å². The number of para-hydroxylation sites is 1. The van der Waals surface area contributed by atoms with Crippen molar-refractivity contribution in [1.82, 2.24) is 4.90 Å². The first-order valence-corrected chi connectivity index (χ1v) is 7.51. The molecule has 0 bridgehead atoms. The van der Waals surface area contributed by atoms with E-state index in [2.05, 4.69) is 47.2 Å². The van der Waals surface area contributed by atoms with Crippen LogP contribution in [0, 0.1) is 0 Å². The van der Waals surface area contributed by atoms with Crippen molar-refractivity contribution in [2.45, 2.75) is 31.7 Å². The molecule has 1 aliphatic heterocycles. The topological polar surface area (TPSA) is 32.5 Å². The standard InChI is InChI=1S/C16H27N3/c1-18(15-8-4-2-5-9-15)14-16(10-11-17)19-12-6-3-7-13-19/h2,4-5,8-9,16H,3,6-7,10-14,17H2,1H3. The maximum absolute atomic E-state index is 5.81. The van der Waals surface area contributed by atoms with Crippen molar-refractivity contribution in [3.8, 4) is 0 Å². The van der Waals surface area contributed by atoms with Crippen LogP contribution in [-0.4, -0.2) is 44.2 Å². The summed E-state index contributed by atoms with van der Waals surface area (Å²) in [5.74, 6) is 0. The minimum Gasteiger partial charge on any atom is -0.373 e. The molecule has 3 nitrogen and oxygen atoms in total. The molecule has 3 heteroatoms. The predicted molar refractivity (Wildman–Crippen MR) is 82.6 cm³/mol. The third-order valence-corrected chi connectivity index (χ3v) is 4.09. The van der Waals surface area contributed by atoms with E-state index in [4.69, 9.17) is 5.73 Å². The summed E-state index contributed by atoms with van der Waals surface area (Å²) in [6, 6.07) is 11.2. The van der Waals surface area contributed by atoms with Crippen LogP contribution in [0.5, 0.6) is 0 Å². The molecule has 0 saturated carbocycles. The Kier molecular flexibility index (Phi) is 5.67. The molecule has 0 radical (unpaired) electrons. The van der Waals surface area contributed by atoms with E-state index < -0.39 is 0 Å². The Morgan fingerprint density at radius 1 is 1.16 bits per heavy atom. The number of hydrogen-bond donors (Lipinski definition) is 1. The van der Waals surface area contributed by atoms with Gasteiger partial charge in [0.2, 0.25) is 0 Å².